The zero-order chi connectivity index (χ0) is 15.5. The van der Waals surface area contributed by atoms with Crippen LogP contribution >= 0.6 is 0 Å². The number of hydrogen-bond donors (Lipinski definition) is 2. The van der Waals surface area contributed by atoms with Crippen LogP contribution in [0, 0.1) is 5.92 Å². The Labute approximate surface area is 112 Å². The van der Waals surface area contributed by atoms with Crippen molar-refractivity contribution in [2.45, 2.75) is 32.6 Å². The first-order valence-electron chi connectivity index (χ1n) is 5.74. The van der Waals surface area contributed by atoms with Crippen molar-refractivity contribution in [2.75, 3.05) is 0 Å². The molecule has 2 N–H and O–H groups in total. The molecule has 1 aromatic heterocycles. The van der Waals surface area contributed by atoms with Crippen molar-refractivity contribution in [3.63, 3.8) is 0 Å². The number of carboxylic acids is 1. The molecule has 0 saturated carbocycles. The average Bonchev–Trinajstić information content (AvgIpc) is 2.75. The third kappa shape index (κ3) is 4.25. The van der Waals surface area contributed by atoms with Crippen molar-refractivity contribution in [3.05, 3.63) is 18.0 Å². The summed E-state index contributed by atoms with van der Waals surface area (Å²) in [6.45, 7) is 2.51. The number of aromatic nitrogens is 2. The molecule has 6 nitrogen and oxygen atoms in total. The first-order chi connectivity index (χ1) is 9.11. The summed E-state index contributed by atoms with van der Waals surface area (Å²) in [4.78, 5) is 22.3. The van der Waals surface area contributed by atoms with E-state index in [0.717, 1.165) is 16.9 Å². The maximum absolute atomic E-state index is 12.3. The minimum atomic E-state index is -4.56. The smallest absolute Gasteiger partial charge is 0.435 e. The second-order valence-electron chi connectivity index (χ2n) is 4.38. The molecule has 9 heteroatoms. The number of aliphatic carboxylic acids is 1. The molecule has 0 bridgehead atoms. The number of nitrogens with zero attached hydrogens (tertiary/aromatic N) is 2. The molecule has 1 amide bonds. The van der Waals surface area contributed by atoms with E-state index in [2.05, 4.69) is 10.4 Å². The van der Waals surface area contributed by atoms with Gasteiger partial charge in [0.05, 0.1) is 5.92 Å². The summed E-state index contributed by atoms with van der Waals surface area (Å²) >= 11 is 0. The molecule has 0 aromatic carbocycles. The minimum absolute atomic E-state index is 0.410. The number of amides is 1. The molecule has 1 aromatic rings. The second kappa shape index (κ2) is 5.93. The lowest BCUT2D eigenvalue weighted by Crippen LogP contribution is -2.41. The quantitative estimate of drug-likeness (QED) is 0.852. The SMILES string of the molecule is CC(NC(=O)Cn1ccc(C(F)(F)F)n1)C(C)C(=O)O. The number of carboxylic acid groups (broad SMARTS) is 1. The van der Waals surface area contributed by atoms with E-state index < -0.39 is 42.3 Å². The minimum Gasteiger partial charge on any atom is -0.481 e. The Balaban J connectivity index is 2.59. The fourth-order valence-electron chi connectivity index (χ4n) is 1.39. The Morgan fingerprint density at radius 2 is 2.05 bits per heavy atom. The summed E-state index contributed by atoms with van der Waals surface area (Å²) in [5.41, 5.74) is -1.09. The number of carbonyl (C=O) groups excluding carboxylic acids is 1. The van der Waals surface area contributed by atoms with Crippen LogP contribution in [0.5, 0.6) is 0 Å². The molecule has 0 aliphatic rings. The molecule has 0 aliphatic heterocycles. The van der Waals surface area contributed by atoms with Crippen molar-refractivity contribution in [1.82, 2.24) is 15.1 Å². The average molecular weight is 293 g/mol. The number of rotatable bonds is 5. The molecular weight excluding hydrogens is 279 g/mol. The van der Waals surface area contributed by atoms with Gasteiger partial charge in [-0.15, -0.1) is 0 Å². The van der Waals surface area contributed by atoms with Crippen LogP contribution in [0.2, 0.25) is 0 Å². The van der Waals surface area contributed by atoms with E-state index in [9.17, 15) is 22.8 Å². The third-order valence-corrected chi connectivity index (χ3v) is 2.76. The number of nitrogens with one attached hydrogen (secondary N) is 1. The van der Waals surface area contributed by atoms with Crippen molar-refractivity contribution in [3.8, 4) is 0 Å². The zero-order valence-electron chi connectivity index (χ0n) is 10.8. The first kappa shape index (κ1) is 16.0. The van der Waals surface area contributed by atoms with Crippen LogP contribution in [-0.2, 0) is 22.3 Å². The lowest BCUT2D eigenvalue weighted by molar-refractivity contribution is -0.143. The predicted octanol–water partition coefficient (Wildman–Crippen LogP) is 1.13. The van der Waals surface area contributed by atoms with Crippen LogP contribution < -0.4 is 5.32 Å². The third-order valence-electron chi connectivity index (χ3n) is 2.76. The number of hydrogen-bond acceptors (Lipinski definition) is 3. The Morgan fingerprint density at radius 3 is 2.50 bits per heavy atom. The molecule has 0 fully saturated rings. The van der Waals surface area contributed by atoms with Gasteiger partial charge in [-0.3, -0.25) is 14.3 Å². The molecule has 112 valence electrons. The summed E-state index contributed by atoms with van der Waals surface area (Å²) in [7, 11) is 0. The number of alkyl halides is 3. The maximum atomic E-state index is 12.3. The fraction of sp³-hybridized carbons (Fsp3) is 0.545. The lowest BCUT2D eigenvalue weighted by Gasteiger charge is -2.17. The maximum Gasteiger partial charge on any atom is 0.435 e. The van der Waals surface area contributed by atoms with Crippen LogP contribution in [0.1, 0.15) is 19.5 Å². The van der Waals surface area contributed by atoms with Gasteiger partial charge in [0.2, 0.25) is 5.91 Å². The van der Waals surface area contributed by atoms with Crippen molar-refractivity contribution >= 4 is 11.9 Å². The monoisotopic (exact) mass is 293 g/mol. The van der Waals surface area contributed by atoms with Crippen molar-refractivity contribution in [2.24, 2.45) is 5.92 Å². The topological polar surface area (TPSA) is 84.2 Å². The number of halogens is 3. The highest BCUT2D eigenvalue weighted by atomic mass is 19.4. The summed E-state index contributed by atoms with van der Waals surface area (Å²) < 4.78 is 37.7. The largest absolute Gasteiger partial charge is 0.481 e. The summed E-state index contributed by atoms with van der Waals surface area (Å²) in [5.74, 6) is -2.49. The van der Waals surface area contributed by atoms with E-state index in [4.69, 9.17) is 5.11 Å². The molecule has 0 saturated heterocycles. The van der Waals surface area contributed by atoms with Gasteiger partial charge in [0, 0.05) is 12.2 Å². The molecule has 0 radical (unpaired) electrons. The highest BCUT2D eigenvalue weighted by Gasteiger charge is 2.33. The van der Waals surface area contributed by atoms with Crippen LogP contribution in [0.15, 0.2) is 12.3 Å². The predicted molar refractivity (Wildman–Crippen MR) is 61.6 cm³/mol. The number of carbonyl (C=O) groups is 2. The second-order valence-corrected chi connectivity index (χ2v) is 4.38. The van der Waals surface area contributed by atoms with Gasteiger partial charge in [-0.05, 0) is 19.9 Å². The molecule has 20 heavy (non-hydrogen) atoms. The van der Waals surface area contributed by atoms with E-state index in [-0.39, 0.29) is 0 Å². The van der Waals surface area contributed by atoms with Gasteiger partial charge in [-0.2, -0.15) is 18.3 Å². The Kier molecular flexibility index (Phi) is 4.74. The van der Waals surface area contributed by atoms with Crippen LogP contribution in [0.3, 0.4) is 0 Å². The Hall–Kier alpha value is -2.06. The van der Waals surface area contributed by atoms with Gasteiger partial charge < -0.3 is 10.4 Å². The highest BCUT2D eigenvalue weighted by Crippen LogP contribution is 2.27. The normalized spacial score (nSPS) is 14.7. The highest BCUT2D eigenvalue weighted by molar-refractivity contribution is 5.77. The molecular formula is C11H14F3N3O3. The summed E-state index contributed by atoms with van der Waals surface area (Å²) in [6.07, 6.45) is -3.53. The molecule has 0 aliphatic carbocycles. The van der Waals surface area contributed by atoms with E-state index in [1.165, 1.54) is 13.8 Å². The van der Waals surface area contributed by atoms with Gasteiger partial charge in [0.1, 0.15) is 6.54 Å². The summed E-state index contributed by atoms with van der Waals surface area (Å²) in [5, 5.41) is 14.4. The summed E-state index contributed by atoms with van der Waals surface area (Å²) in [6, 6.07) is 0.119. The molecule has 0 spiro atoms. The molecule has 1 heterocycles. The Morgan fingerprint density at radius 1 is 1.45 bits per heavy atom. The zero-order valence-corrected chi connectivity index (χ0v) is 10.8. The van der Waals surface area contributed by atoms with Crippen LogP contribution in [-0.4, -0.2) is 32.8 Å². The van der Waals surface area contributed by atoms with Gasteiger partial charge in [0.15, 0.2) is 5.69 Å². The molecule has 1 rings (SSSR count). The Bertz CT molecular complexity index is 499. The fourth-order valence-corrected chi connectivity index (χ4v) is 1.39. The van der Waals surface area contributed by atoms with Gasteiger partial charge >= 0.3 is 12.1 Å². The van der Waals surface area contributed by atoms with E-state index in [1.54, 1.807) is 0 Å². The van der Waals surface area contributed by atoms with E-state index in [1.807, 2.05) is 0 Å². The van der Waals surface area contributed by atoms with E-state index >= 15 is 0 Å². The van der Waals surface area contributed by atoms with Gasteiger partial charge in [0.25, 0.3) is 0 Å². The van der Waals surface area contributed by atoms with Gasteiger partial charge in [-0.25, -0.2) is 0 Å². The van der Waals surface area contributed by atoms with Gasteiger partial charge in [-0.1, -0.05) is 0 Å². The van der Waals surface area contributed by atoms with Crippen molar-refractivity contribution in [1.29, 1.82) is 0 Å². The molecule has 2 atom stereocenters. The lowest BCUT2D eigenvalue weighted by atomic mass is 10.0. The first-order valence-corrected chi connectivity index (χ1v) is 5.74. The van der Waals surface area contributed by atoms with Crippen LogP contribution in [0.25, 0.3) is 0 Å². The van der Waals surface area contributed by atoms with Crippen molar-refractivity contribution < 1.29 is 27.9 Å². The van der Waals surface area contributed by atoms with E-state index in [0.29, 0.717) is 0 Å². The standard InChI is InChI=1S/C11H14F3N3O3/c1-6(10(19)20)7(2)15-9(18)5-17-4-3-8(16-17)11(12,13)14/h3-4,6-7H,5H2,1-2H3,(H,15,18)(H,19,20). The molecule has 2 unspecified atom stereocenters. The van der Waals surface area contributed by atoms with Crippen LogP contribution in [0.4, 0.5) is 13.2 Å².